The molecule has 0 spiro atoms. The van der Waals surface area contributed by atoms with Crippen molar-refractivity contribution in [3.05, 3.63) is 177 Å². The summed E-state index contributed by atoms with van der Waals surface area (Å²) in [6, 6.07) is 20.3. The van der Waals surface area contributed by atoms with E-state index in [0.717, 1.165) is 120 Å². The largest absolute Gasteiger partial charge is 0.252 e. The lowest BCUT2D eigenvalue weighted by Crippen LogP contribution is -2.46. The van der Waals surface area contributed by atoms with Gasteiger partial charge in [0.25, 0.3) is 0 Å². The number of unbranched alkanes of at least 4 members (excludes halogenated alkanes) is 4. The predicted octanol–water partition coefficient (Wildman–Crippen LogP) is 25.1. The Labute approximate surface area is 665 Å². The quantitative estimate of drug-likeness (QED) is 0.0215. The highest BCUT2D eigenvalue weighted by Gasteiger charge is 2.50. The molecule has 3 aromatic heterocycles. The average Bonchev–Trinajstić information content (AvgIpc) is 0.982. The van der Waals surface area contributed by atoms with E-state index in [-0.39, 0.29) is 32.5 Å². The molecular weight excluding hydrogens is 1310 g/mol. The summed E-state index contributed by atoms with van der Waals surface area (Å²) in [5.41, 5.74) is 20.3. The van der Waals surface area contributed by atoms with Crippen LogP contribution in [0, 0.1) is 55.2 Å². The van der Waals surface area contributed by atoms with E-state index in [9.17, 15) is 0 Å². The van der Waals surface area contributed by atoms with Gasteiger partial charge in [-0.2, -0.15) is 0 Å². The number of nitrogens with zero attached hydrogens (tertiary/aromatic N) is 9. The third-order valence-corrected chi connectivity index (χ3v) is 25.3. The molecule has 9 nitrogen and oxygen atoms in total. The molecule has 0 fully saturated rings. The van der Waals surface area contributed by atoms with Crippen LogP contribution in [-0.4, -0.2) is 60.7 Å². The standard InChI is InChI=1S/C97H155B2N9/c1-25-78-34-37-81(58-73(3)4)84(61-78)40-43-87-69-107(104-101-87)56-33-31-49-93(17,18)72-94(19,20)52-54-97(50-30-29-48-92(15,16)71-90(11,12)26-2,77(10)65-95(21,22)64-76(9)46-57-108-70-89(102-105-108)45-42-86-63-80(67-99)36-39-83(86)60-75(7)8)96(23,24)53-51-91(13,14)47-28-27-32-55-106-68-88(100-103-106)44-41-85-62-79(66-98)35-38-82(85)59-74(5)6/h34-39,61-63,68-70,76-77H,3,5,7,25-33,40-60,64-67,71-72H2,1-2,4,6,8-24H3. The van der Waals surface area contributed by atoms with Crippen LogP contribution in [0.4, 0.5) is 0 Å². The third-order valence-electron chi connectivity index (χ3n) is 25.3. The van der Waals surface area contributed by atoms with Crippen molar-refractivity contribution in [3.63, 3.8) is 0 Å². The molecule has 0 aliphatic rings. The number of benzene rings is 3. The van der Waals surface area contributed by atoms with Gasteiger partial charge in [-0.1, -0.05) is 294 Å². The van der Waals surface area contributed by atoms with Crippen LogP contribution in [0.25, 0.3) is 0 Å². The molecule has 3 aromatic carbocycles. The van der Waals surface area contributed by atoms with Crippen molar-refractivity contribution < 1.29 is 0 Å². The van der Waals surface area contributed by atoms with Crippen molar-refractivity contribution in [1.82, 2.24) is 45.0 Å². The summed E-state index contributed by atoms with van der Waals surface area (Å²) >= 11 is 0. The zero-order valence-electron chi connectivity index (χ0n) is 73.3. The molecule has 0 saturated carbocycles. The fourth-order valence-electron chi connectivity index (χ4n) is 19.2. The highest BCUT2D eigenvalue weighted by molar-refractivity contribution is 6.08. The maximum atomic E-state index is 6.11. The number of rotatable bonds is 54. The second-order valence-corrected chi connectivity index (χ2v) is 40.3. The van der Waals surface area contributed by atoms with E-state index in [0.29, 0.717) is 35.3 Å². The first-order valence-corrected chi connectivity index (χ1v) is 43.0. The van der Waals surface area contributed by atoms with E-state index >= 15 is 0 Å². The van der Waals surface area contributed by atoms with E-state index in [1.54, 1.807) is 0 Å². The second-order valence-electron chi connectivity index (χ2n) is 40.3. The molecule has 0 aliphatic carbocycles. The smallest absolute Gasteiger partial charge is 0.0830 e. The molecule has 4 radical (unpaired) electrons. The zero-order chi connectivity index (χ0) is 79.7. The van der Waals surface area contributed by atoms with Crippen molar-refractivity contribution in [1.29, 1.82) is 0 Å². The summed E-state index contributed by atoms with van der Waals surface area (Å²) < 4.78 is 6.30. The monoisotopic (exact) mass is 1470 g/mol. The van der Waals surface area contributed by atoms with Gasteiger partial charge < -0.3 is 0 Å². The molecule has 0 aliphatic heterocycles. The fraction of sp³-hybridized carbons (Fsp3) is 0.691. The van der Waals surface area contributed by atoms with Gasteiger partial charge >= 0.3 is 0 Å². The van der Waals surface area contributed by atoms with Gasteiger partial charge in [-0.05, 0) is 275 Å². The molecule has 3 unspecified atom stereocenters. The molecule has 0 bridgehead atoms. The molecule has 594 valence electrons. The molecule has 6 rings (SSSR count). The summed E-state index contributed by atoms with van der Waals surface area (Å²) in [6.45, 7) is 67.9. The summed E-state index contributed by atoms with van der Waals surface area (Å²) in [6.07, 6.45) is 42.5. The van der Waals surface area contributed by atoms with Crippen molar-refractivity contribution >= 4 is 15.7 Å². The molecule has 6 aromatic rings. The van der Waals surface area contributed by atoms with E-state index in [1.807, 2.05) is 0 Å². The van der Waals surface area contributed by atoms with E-state index < -0.39 is 0 Å². The molecule has 0 saturated heterocycles. The maximum absolute atomic E-state index is 6.11. The SMILES string of the molecule is [B]Cc1ccc(CC(=C)C)c(CCc2cn(CCCCCC(C)(C)CCC(C)(C)C(CCCCC(C)(C)CC(C)(C)CC)(CCC(C)(C)CC(C)(C)CCCCn3cc(CCc4cc(CC)ccc4CC(=C)C)nn3)C(C)CC(C)(C)CC(C)CCn3cc(CCc4cc(C[B])ccc4CC(=C)C)nn3)nn2)c1. The Morgan fingerprint density at radius 3 is 1.22 bits per heavy atom. The molecule has 0 N–H and O–H groups in total. The van der Waals surface area contributed by atoms with E-state index in [1.165, 1.54) is 182 Å². The normalized spacial score (nSPS) is 14.0. The van der Waals surface area contributed by atoms with Crippen LogP contribution in [0.2, 0.25) is 0 Å². The summed E-state index contributed by atoms with van der Waals surface area (Å²) in [4.78, 5) is 0. The molecular formula is C97H155B2N9. The Morgan fingerprint density at radius 1 is 0.398 bits per heavy atom. The van der Waals surface area contributed by atoms with Gasteiger partial charge in [-0.25, -0.2) is 0 Å². The fourth-order valence-corrected chi connectivity index (χ4v) is 19.2. The van der Waals surface area contributed by atoms with Crippen molar-refractivity contribution in [2.75, 3.05) is 0 Å². The van der Waals surface area contributed by atoms with E-state index in [2.05, 4.69) is 273 Å². The topological polar surface area (TPSA) is 92.1 Å². The molecule has 11 heteroatoms. The average molecular weight is 1470 g/mol. The number of aryl methyl sites for hydroxylation is 10. The first-order valence-electron chi connectivity index (χ1n) is 43.0. The van der Waals surface area contributed by atoms with Gasteiger partial charge in [0.1, 0.15) is 0 Å². The minimum Gasteiger partial charge on any atom is -0.252 e. The first-order chi connectivity index (χ1) is 50.7. The maximum Gasteiger partial charge on any atom is 0.0830 e. The predicted molar refractivity (Wildman–Crippen MR) is 465 cm³/mol. The molecule has 3 heterocycles. The first kappa shape index (κ1) is 91.3. The molecule has 0 amide bonds. The number of allylic oxidation sites excluding steroid dienone is 3. The van der Waals surface area contributed by atoms with Gasteiger partial charge in [0.05, 0.1) is 32.8 Å². The van der Waals surface area contributed by atoms with Crippen molar-refractivity contribution in [2.45, 2.75) is 377 Å². The van der Waals surface area contributed by atoms with E-state index in [4.69, 9.17) is 26.0 Å². The number of hydrogen-bond donors (Lipinski definition) is 0. The molecule has 108 heavy (non-hydrogen) atoms. The Morgan fingerprint density at radius 2 is 0.778 bits per heavy atom. The lowest BCUT2D eigenvalue weighted by Gasteiger charge is -2.55. The number of aromatic nitrogens is 9. The van der Waals surface area contributed by atoms with Gasteiger partial charge in [0.15, 0.2) is 0 Å². The van der Waals surface area contributed by atoms with Crippen LogP contribution in [0.5, 0.6) is 0 Å². The van der Waals surface area contributed by atoms with Crippen LogP contribution in [0.15, 0.2) is 110 Å². The minimum atomic E-state index is 0.111. The van der Waals surface area contributed by atoms with Crippen LogP contribution < -0.4 is 0 Å². The highest BCUT2D eigenvalue weighted by atomic mass is 15.4. The summed E-state index contributed by atoms with van der Waals surface area (Å²) in [5, 5.41) is 28.0. The minimum absolute atomic E-state index is 0.111. The molecule has 3 atom stereocenters. The van der Waals surface area contributed by atoms with Gasteiger partial charge in [-0.15, -0.1) is 15.3 Å². The summed E-state index contributed by atoms with van der Waals surface area (Å²) in [5.74, 6) is 1.08. The highest BCUT2D eigenvalue weighted by Crippen LogP contribution is 2.60. The zero-order valence-corrected chi connectivity index (χ0v) is 73.3. The van der Waals surface area contributed by atoms with Crippen LogP contribution in [0.1, 0.15) is 347 Å². The van der Waals surface area contributed by atoms with Gasteiger partial charge in [0.2, 0.25) is 0 Å². The van der Waals surface area contributed by atoms with Gasteiger partial charge in [-0.3, -0.25) is 14.0 Å². The van der Waals surface area contributed by atoms with Crippen LogP contribution in [0.3, 0.4) is 0 Å². The third kappa shape index (κ3) is 31.2. The Bertz CT molecular complexity index is 3710. The Kier molecular flexibility index (Phi) is 35.3. The van der Waals surface area contributed by atoms with Crippen molar-refractivity contribution in [2.24, 2.45) is 55.2 Å². The van der Waals surface area contributed by atoms with Gasteiger partial charge in [0, 0.05) is 38.2 Å². The second kappa shape index (κ2) is 41.8. The van der Waals surface area contributed by atoms with Crippen LogP contribution in [-0.2, 0) is 96.5 Å². The lowest BCUT2D eigenvalue weighted by atomic mass is 9.50. The Hall–Kier alpha value is -5.57. The lowest BCUT2D eigenvalue weighted by molar-refractivity contribution is -0.0527. The number of hydrogen-bond acceptors (Lipinski definition) is 6. The Balaban J connectivity index is 1.17. The summed E-state index contributed by atoms with van der Waals surface area (Å²) in [7, 11) is 12.2. The van der Waals surface area contributed by atoms with Crippen LogP contribution >= 0.6 is 0 Å². The van der Waals surface area contributed by atoms with Crippen molar-refractivity contribution in [3.8, 4) is 0 Å².